The molecule has 2 aromatic carbocycles. The molecule has 0 spiro atoms. The van der Waals surface area contributed by atoms with Gasteiger partial charge in [-0.2, -0.15) is 0 Å². The third-order valence-corrected chi connectivity index (χ3v) is 5.70. The average Bonchev–Trinajstić information content (AvgIpc) is 2.64. The fourth-order valence-corrected chi connectivity index (χ4v) is 4.26. The number of sulfonamides is 1. The van der Waals surface area contributed by atoms with Gasteiger partial charge in [0.05, 0.1) is 11.9 Å². The van der Waals surface area contributed by atoms with E-state index < -0.39 is 21.9 Å². The minimum atomic E-state index is -3.73. The normalized spacial score (nSPS) is 12.4. The Balaban J connectivity index is 2.02. The molecule has 28 heavy (non-hydrogen) atoms. The Bertz CT molecular complexity index is 887. The van der Waals surface area contributed by atoms with Gasteiger partial charge in [-0.25, -0.2) is 12.8 Å². The van der Waals surface area contributed by atoms with Crippen LogP contribution in [-0.4, -0.2) is 33.2 Å². The van der Waals surface area contributed by atoms with E-state index >= 15 is 0 Å². The van der Waals surface area contributed by atoms with E-state index in [4.69, 9.17) is 11.6 Å². The number of benzene rings is 2. The summed E-state index contributed by atoms with van der Waals surface area (Å²) in [5.41, 5.74) is 1.36. The van der Waals surface area contributed by atoms with Crippen LogP contribution in [0.15, 0.2) is 48.5 Å². The molecule has 0 unspecified atom stereocenters. The Hall–Kier alpha value is -2.12. The predicted octanol–water partition coefficient (Wildman–Crippen LogP) is 3.77. The summed E-state index contributed by atoms with van der Waals surface area (Å²) in [6.45, 7) is 2.15. The van der Waals surface area contributed by atoms with Crippen molar-refractivity contribution in [2.75, 3.05) is 17.1 Å². The second-order valence-corrected chi connectivity index (χ2v) is 8.78. The Labute approximate surface area is 170 Å². The molecule has 8 heteroatoms. The van der Waals surface area contributed by atoms with E-state index in [1.165, 1.54) is 24.3 Å². The van der Waals surface area contributed by atoms with Gasteiger partial charge in [-0.1, -0.05) is 30.7 Å². The molecule has 0 aromatic heterocycles. The van der Waals surface area contributed by atoms with Crippen LogP contribution in [0.5, 0.6) is 0 Å². The molecule has 0 radical (unpaired) electrons. The van der Waals surface area contributed by atoms with Gasteiger partial charge < -0.3 is 5.32 Å². The van der Waals surface area contributed by atoms with E-state index in [0.717, 1.165) is 22.5 Å². The molecule has 1 atom stereocenters. The molecule has 2 rings (SSSR count). The lowest BCUT2D eigenvalue weighted by Crippen LogP contribution is -2.49. The molecule has 0 aliphatic heterocycles. The molecule has 1 N–H and O–H groups in total. The van der Waals surface area contributed by atoms with Crippen molar-refractivity contribution in [1.29, 1.82) is 0 Å². The minimum absolute atomic E-state index is 0.257. The number of halogens is 2. The van der Waals surface area contributed by atoms with E-state index in [-0.39, 0.29) is 18.0 Å². The number of carbonyl (C=O) groups excluding carboxylic acids is 1. The van der Waals surface area contributed by atoms with E-state index in [1.54, 1.807) is 6.92 Å². The summed E-state index contributed by atoms with van der Waals surface area (Å²) in [6.07, 6.45) is 2.79. The standard InChI is InChI=1S/C20H24ClFN2O3S/c1-3-19(24(28(2,26)27)18-12-10-17(22)11-13-18)20(25)23-14-4-5-15-6-8-16(21)9-7-15/h6-13,19H,3-5,14H2,1-2H3,(H,23,25)/t19-/m1/s1. The minimum Gasteiger partial charge on any atom is -0.354 e. The lowest BCUT2D eigenvalue weighted by Gasteiger charge is -2.30. The molecule has 0 heterocycles. The SMILES string of the molecule is CC[C@H](C(=O)NCCCc1ccc(Cl)cc1)N(c1ccc(F)cc1)S(C)(=O)=O. The highest BCUT2D eigenvalue weighted by Gasteiger charge is 2.31. The Morgan fingerprint density at radius 1 is 1.14 bits per heavy atom. The molecule has 0 bridgehead atoms. The van der Waals surface area contributed by atoms with Crippen molar-refractivity contribution < 1.29 is 17.6 Å². The number of carbonyl (C=O) groups is 1. The zero-order valence-electron chi connectivity index (χ0n) is 15.9. The number of aryl methyl sites for hydroxylation is 1. The van der Waals surface area contributed by atoms with Crippen LogP contribution in [0, 0.1) is 5.82 Å². The number of nitrogens with zero attached hydrogens (tertiary/aromatic N) is 1. The number of anilines is 1. The van der Waals surface area contributed by atoms with Gasteiger partial charge >= 0.3 is 0 Å². The zero-order valence-corrected chi connectivity index (χ0v) is 17.4. The molecule has 0 saturated carbocycles. The summed E-state index contributed by atoms with van der Waals surface area (Å²) in [5, 5.41) is 3.47. The van der Waals surface area contributed by atoms with Crippen LogP contribution in [0.2, 0.25) is 5.02 Å². The molecule has 152 valence electrons. The fourth-order valence-electron chi connectivity index (χ4n) is 2.92. The molecular formula is C20H24ClFN2O3S. The van der Waals surface area contributed by atoms with Crippen molar-refractivity contribution in [2.45, 2.75) is 32.2 Å². The lowest BCUT2D eigenvalue weighted by molar-refractivity contribution is -0.122. The van der Waals surface area contributed by atoms with E-state index in [1.807, 2.05) is 24.3 Å². The summed E-state index contributed by atoms with van der Waals surface area (Å²) in [5.74, 6) is -0.856. The van der Waals surface area contributed by atoms with Crippen LogP contribution in [0.4, 0.5) is 10.1 Å². The van der Waals surface area contributed by atoms with E-state index in [0.29, 0.717) is 18.0 Å². The molecule has 0 saturated heterocycles. The van der Waals surface area contributed by atoms with Crippen molar-refractivity contribution in [1.82, 2.24) is 5.32 Å². The van der Waals surface area contributed by atoms with Crippen molar-refractivity contribution >= 4 is 33.2 Å². The Morgan fingerprint density at radius 2 is 1.75 bits per heavy atom. The zero-order chi connectivity index (χ0) is 20.7. The Morgan fingerprint density at radius 3 is 2.29 bits per heavy atom. The Kier molecular flexibility index (Phi) is 7.83. The number of nitrogens with one attached hydrogen (secondary N) is 1. The van der Waals surface area contributed by atoms with Gasteiger partial charge in [0.2, 0.25) is 15.9 Å². The van der Waals surface area contributed by atoms with E-state index in [9.17, 15) is 17.6 Å². The lowest BCUT2D eigenvalue weighted by atomic mass is 10.1. The van der Waals surface area contributed by atoms with E-state index in [2.05, 4.69) is 5.32 Å². The molecule has 1 amide bonds. The first-order valence-corrected chi connectivity index (χ1v) is 11.2. The first-order chi connectivity index (χ1) is 13.2. The van der Waals surface area contributed by atoms with Gasteiger partial charge in [-0.05, 0) is 61.2 Å². The van der Waals surface area contributed by atoms with Crippen molar-refractivity contribution in [3.8, 4) is 0 Å². The van der Waals surface area contributed by atoms with Gasteiger partial charge in [0.1, 0.15) is 11.9 Å². The van der Waals surface area contributed by atoms with Gasteiger partial charge in [-0.3, -0.25) is 9.10 Å². The molecule has 5 nitrogen and oxygen atoms in total. The van der Waals surface area contributed by atoms with Gasteiger partial charge in [0, 0.05) is 11.6 Å². The molecule has 0 fully saturated rings. The molecular weight excluding hydrogens is 403 g/mol. The molecule has 0 aliphatic rings. The topological polar surface area (TPSA) is 66.5 Å². The first-order valence-electron chi connectivity index (χ1n) is 8.99. The quantitative estimate of drug-likeness (QED) is 0.620. The van der Waals surface area contributed by atoms with Crippen LogP contribution < -0.4 is 9.62 Å². The largest absolute Gasteiger partial charge is 0.354 e. The number of rotatable bonds is 9. The highest BCUT2D eigenvalue weighted by Crippen LogP contribution is 2.22. The summed E-state index contributed by atoms with van der Waals surface area (Å²) < 4.78 is 38.9. The van der Waals surface area contributed by atoms with Crippen LogP contribution >= 0.6 is 11.6 Å². The van der Waals surface area contributed by atoms with Gasteiger partial charge in [0.25, 0.3) is 0 Å². The third kappa shape index (κ3) is 6.21. The van der Waals surface area contributed by atoms with Crippen molar-refractivity contribution in [3.63, 3.8) is 0 Å². The predicted molar refractivity (Wildman–Crippen MR) is 111 cm³/mol. The first kappa shape index (κ1) is 22.2. The maximum Gasteiger partial charge on any atom is 0.243 e. The number of hydrogen-bond donors (Lipinski definition) is 1. The van der Waals surface area contributed by atoms with Crippen molar-refractivity contribution in [3.05, 3.63) is 64.9 Å². The fraction of sp³-hybridized carbons (Fsp3) is 0.350. The molecule has 0 aliphatic carbocycles. The van der Waals surface area contributed by atoms with Crippen LogP contribution in [-0.2, 0) is 21.2 Å². The number of amides is 1. The highest BCUT2D eigenvalue weighted by atomic mass is 35.5. The average molecular weight is 427 g/mol. The van der Waals surface area contributed by atoms with Crippen LogP contribution in [0.25, 0.3) is 0 Å². The highest BCUT2D eigenvalue weighted by molar-refractivity contribution is 7.92. The monoisotopic (exact) mass is 426 g/mol. The maximum atomic E-state index is 13.2. The summed E-state index contributed by atoms with van der Waals surface area (Å²) in [7, 11) is -3.73. The smallest absolute Gasteiger partial charge is 0.243 e. The number of hydrogen-bond acceptors (Lipinski definition) is 3. The summed E-state index contributed by atoms with van der Waals surface area (Å²) in [6, 6.07) is 11.6. The maximum absolute atomic E-state index is 13.2. The van der Waals surface area contributed by atoms with Crippen LogP contribution in [0.3, 0.4) is 0 Å². The van der Waals surface area contributed by atoms with Gasteiger partial charge in [-0.15, -0.1) is 0 Å². The summed E-state index contributed by atoms with van der Waals surface area (Å²) >= 11 is 5.86. The van der Waals surface area contributed by atoms with Crippen LogP contribution in [0.1, 0.15) is 25.3 Å². The second kappa shape index (κ2) is 9.89. The third-order valence-electron chi connectivity index (χ3n) is 4.27. The van der Waals surface area contributed by atoms with Gasteiger partial charge in [0.15, 0.2) is 0 Å². The van der Waals surface area contributed by atoms with Crippen molar-refractivity contribution in [2.24, 2.45) is 0 Å². The second-order valence-electron chi connectivity index (χ2n) is 6.48. The summed E-state index contributed by atoms with van der Waals surface area (Å²) in [4.78, 5) is 12.6. The molecule has 2 aromatic rings.